The lowest BCUT2D eigenvalue weighted by molar-refractivity contribution is 0.101. The van der Waals surface area contributed by atoms with Crippen LogP contribution in [0.1, 0.15) is 48.3 Å². The maximum absolute atomic E-state index is 13.2. The second-order valence-corrected chi connectivity index (χ2v) is 10.5. The Bertz CT molecular complexity index is 1670. The summed E-state index contributed by atoms with van der Waals surface area (Å²) in [7, 11) is 3.82. The van der Waals surface area contributed by atoms with Crippen LogP contribution in [-0.4, -0.2) is 46.1 Å². The van der Waals surface area contributed by atoms with E-state index in [9.17, 15) is 14.7 Å². The Morgan fingerprint density at radius 2 is 1.84 bits per heavy atom. The Kier molecular flexibility index (Phi) is 6.20. The highest BCUT2D eigenvalue weighted by Gasteiger charge is 2.21. The molecule has 0 radical (unpaired) electrons. The molecule has 0 bridgehead atoms. The summed E-state index contributed by atoms with van der Waals surface area (Å²) in [6, 6.07) is 13.0. The molecule has 5 aromatic rings. The molecule has 196 valence electrons. The van der Waals surface area contributed by atoms with Gasteiger partial charge in [-0.25, -0.2) is 4.79 Å². The highest BCUT2D eigenvalue weighted by molar-refractivity contribution is 6.10. The van der Waals surface area contributed by atoms with E-state index in [1.807, 2.05) is 39.8 Å². The summed E-state index contributed by atoms with van der Waals surface area (Å²) in [6.45, 7) is 6.49. The Morgan fingerprint density at radius 1 is 1.05 bits per heavy atom. The molecule has 2 aromatic carbocycles. The van der Waals surface area contributed by atoms with Crippen molar-refractivity contribution in [2.24, 2.45) is 0 Å². The third-order valence-electron chi connectivity index (χ3n) is 6.10. The monoisotopic (exact) mass is 515 g/mol. The molecule has 0 aliphatic rings. The van der Waals surface area contributed by atoms with Crippen molar-refractivity contribution in [2.45, 2.75) is 32.7 Å². The largest absolute Gasteiger partial charge is 0.508 e. The third-order valence-corrected chi connectivity index (χ3v) is 6.10. The standard InChI is InChI=1S/C28H29N5O5/c1-28(2,3)24-13-25(32-38-24)31-27(36)29-16-6-9-22-15(10-16)11-23(37-22)26(35)20-12-17-18(14-33(4)5)21(34)8-7-19(17)30-20/h6-13,30,34H,14H2,1-5H3,(H2,29,31,32,36). The Balaban J connectivity index is 1.34. The molecule has 3 heterocycles. The number of carbonyl (C=O) groups is 2. The number of amides is 2. The number of rotatable bonds is 6. The van der Waals surface area contributed by atoms with Gasteiger partial charge in [0.05, 0.1) is 5.69 Å². The predicted octanol–water partition coefficient (Wildman–Crippen LogP) is 5.84. The lowest BCUT2D eigenvalue weighted by Crippen LogP contribution is -2.19. The smallest absolute Gasteiger partial charge is 0.324 e. The van der Waals surface area contributed by atoms with Gasteiger partial charge in [0, 0.05) is 45.6 Å². The van der Waals surface area contributed by atoms with Crippen molar-refractivity contribution in [3.63, 3.8) is 0 Å². The van der Waals surface area contributed by atoms with E-state index in [1.165, 1.54) is 0 Å². The number of furan rings is 1. The predicted molar refractivity (Wildman–Crippen MR) is 145 cm³/mol. The summed E-state index contributed by atoms with van der Waals surface area (Å²) in [4.78, 5) is 30.8. The molecule has 5 rings (SSSR count). The number of nitrogens with zero attached hydrogens (tertiary/aromatic N) is 2. The highest BCUT2D eigenvalue weighted by Crippen LogP contribution is 2.31. The molecule has 0 aliphatic carbocycles. The van der Waals surface area contributed by atoms with Crippen LogP contribution < -0.4 is 10.6 Å². The van der Waals surface area contributed by atoms with Gasteiger partial charge in [0.1, 0.15) is 17.1 Å². The van der Waals surface area contributed by atoms with Crippen LogP contribution in [-0.2, 0) is 12.0 Å². The molecule has 3 aromatic heterocycles. The number of hydrogen-bond acceptors (Lipinski definition) is 7. The zero-order valence-electron chi connectivity index (χ0n) is 21.8. The van der Waals surface area contributed by atoms with Gasteiger partial charge in [-0.05, 0) is 56.6 Å². The number of hydrogen-bond donors (Lipinski definition) is 4. The number of fused-ring (bicyclic) bond motifs is 2. The van der Waals surface area contributed by atoms with Crippen LogP contribution in [0.4, 0.5) is 16.3 Å². The second-order valence-electron chi connectivity index (χ2n) is 10.5. The number of aromatic nitrogens is 2. The van der Waals surface area contributed by atoms with Gasteiger partial charge in [-0.1, -0.05) is 25.9 Å². The van der Waals surface area contributed by atoms with Gasteiger partial charge in [0.25, 0.3) is 0 Å². The topological polar surface area (TPSA) is 137 Å². The summed E-state index contributed by atoms with van der Waals surface area (Å²) in [6.07, 6.45) is 0. The lowest BCUT2D eigenvalue weighted by atomic mass is 9.93. The zero-order chi connectivity index (χ0) is 27.2. The maximum atomic E-state index is 13.2. The average Bonchev–Trinajstić information content (AvgIpc) is 3.57. The first-order valence-corrected chi connectivity index (χ1v) is 12.1. The molecule has 0 aliphatic heterocycles. The molecule has 0 atom stereocenters. The molecule has 10 nitrogen and oxygen atoms in total. The van der Waals surface area contributed by atoms with E-state index >= 15 is 0 Å². The Labute approximate surface area is 218 Å². The zero-order valence-corrected chi connectivity index (χ0v) is 21.8. The quantitative estimate of drug-likeness (QED) is 0.208. The third kappa shape index (κ3) is 4.98. The van der Waals surface area contributed by atoms with Crippen LogP contribution in [0.5, 0.6) is 5.75 Å². The van der Waals surface area contributed by atoms with Gasteiger partial charge in [0.15, 0.2) is 11.6 Å². The molecule has 2 amide bonds. The normalized spacial score (nSPS) is 11.9. The first-order valence-electron chi connectivity index (χ1n) is 12.1. The summed E-state index contributed by atoms with van der Waals surface area (Å²) < 4.78 is 11.1. The molecule has 10 heteroatoms. The van der Waals surface area contributed by atoms with E-state index in [0.29, 0.717) is 40.5 Å². The molecule has 0 saturated carbocycles. The fourth-order valence-electron chi connectivity index (χ4n) is 4.19. The number of anilines is 2. The number of phenolic OH excluding ortho intramolecular Hbond substituents is 1. The minimum Gasteiger partial charge on any atom is -0.508 e. The van der Waals surface area contributed by atoms with Gasteiger partial charge in [-0.15, -0.1) is 0 Å². The van der Waals surface area contributed by atoms with Crippen molar-refractivity contribution in [3.05, 3.63) is 71.3 Å². The molecule has 0 fully saturated rings. The number of urea groups is 1. The minimum absolute atomic E-state index is 0.156. The fourth-order valence-corrected chi connectivity index (χ4v) is 4.19. The van der Waals surface area contributed by atoms with Crippen molar-refractivity contribution in [3.8, 4) is 5.75 Å². The van der Waals surface area contributed by atoms with Crippen LogP contribution in [0.15, 0.2) is 57.5 Å². The number of aromatic hydroxyl groups is 1. The molecule has 38 heavy (non-hydrogen) atoms. The van der Waals surface area contributed by atoms with Crippen molar-refractivity contribution in [2.75, 3.05) is 24.7 Å². The van der Waals surface area contributed by atoms with E-state index in [4.69, 9.17) is 8.94 Å². The fraction of sp³-hybridized carbons (Fsp3) is 0.250. The van der Waals surface area contributed by atoms with Gasteiger partial charge >= 0.3 is 6.03 Å². The summed E-state index contributed by atoms with van der Waals surface area (Å²) in [5.74, 6) is 0.982. The van der Waals surface area contributed by atoms with E-state index in [1.54, 1.807) is 48.5 Å². The number of carbonyl (C=O) groups excluding carboxylic acids is 2. The molecular formula is C28H29N5O5. The molecule has 4 N–H and O–H groups in total. The number of aromatic amines is 1. The average molecular weight is 516 g/mol. The van der Waals surface area contributed by atoms with E-state index in [-0.39, 0.29) is 22.7 Å². The maximum Gasteiger partial charge on any atom is 0.324 e. The number of nitrogens with one attached hydrogen (secondary N) is 3. The first-order chi connectivity index (χ1) is 18.0. The van der Waals surface area contributed by atoms with Crippen LogP contribution >= 0.6 is 0 Å². The van der Waals surface area contributed by atoms with Crippen LogP contribution in [0.3, 0.4) is 0 Å². The van der Waals surface area contributed by atoms with Crippen LogP contribution in [0.2, 0.25) is 0 Å². The minimum atomic E-state index is -0.479. The SMILES string of the molecule is CN(C)Cc1c(O)ccc2[nH]c(C(=O)c3cc4cc(NC(=O)Nc5cc(C(C)(C)C)on5)ccc4o3)cc12. The van der Waals surface area contributed by atoms with Gasteiger partial charge in [0.2, 0.25) is 5.78 Å². The molecule has 0 unspecified atom stereocenters. The van der Waals surface area contributed by atoms with Crippen LogP contribution in [0, 0.1) is 0 Å². The van der Waals surface area contributed by atoms with Gasteiger partial charge in [-0.2, -0.15) is 0 Å². The molecule has 0 saturated heterocycles. The molecule has 0 spiro atoms. The van der Waals surface area contributed by atoms with Crippen molar-refractivity contribution >= 4 is 45.2 Å². The van der Waals surface area contributed by atoms with Gasteiger partial charge in [-0.3, -0.25) is 10.1 Å². The summed E-state index contributed by atoms with van der Waals surface area (Å²) >= 11 is 0. The van der Waals surface area contributed by atoms with Crippen molar-refractivity contribution < 1.29 is 23.6 Å². The van der Waals surface area contributed by atoms with Gasteiger partial charge < -0.3 is 29.2 Å². The number of benzene rings is 2. The van der Waals surface area contributed by atoms with Crippen molar-refractivity contribution in [1.82, 2.24) is 15.0 Å². The summed E-state index contributed by atoms with van der Waals surface area (Å²) in [5, 5.41) is 21.1. The van der Waals surface area contributed by atoms with E-state index in [0.717, 1.165) is 16.5 Å². The second kappa shape index (κ2) is 9.38. The number of H-pyrrole nitrogens is 1. The van der Waals surface area contributed by atoms with Crippen LogP contribution in [0.25, 0.3) is 21.9 Å². The van der Waals surface area contributed by atoms with Crippen molar-refractivity contribution in [1.29, 1.82) is 0 Å². The number of ketones is 1. The summed E-state index contributed by atoms with van der Waals surface area (Å²) in [5.41, 5.74) is 2.63. The molecular weight excluding hydrogens is 486 g/mol. The Morgan fingerprint density at radius 3 is 2.55 bits per heavy atom. The highest BCUT2D eigenvalue weighted by atomic mass is 16.5. The number of phenols is 1. The van der Waals surface area contributed by atoms with E-state index in [2.05, 4.69) is 20.8 Å². The Hall–Kier alpha value is -4.57. The van der Waals surface area contributed by atoms with E-state index < -0.39 is 6.03 Å². The lowest BCUT2D eigenvalue weighted by Gasteiger charge is -2.12. The first kappa shape index (κ1) is 25.1.